The van der Waals surface area contributed by atoms with Crippen LogP contribution in [0.15, 0.2) is 6.20 Å². The van der Waals surface area contributed by atoms with Gasteiger partial charge in [0.05, 0.1) is 18.9 Å². The van der Waals surface area contributed by atoms with E-state index in [1.807, 2.05) is 6.07 Å². The molecule has 14 heavy (non-hydrogen) atoms. The Bertz CT molecular complexity index is 377. The monoisotopic (exact) mass is 194 g/mol. The second-order valence-electron chi connectivity index (χ2n) is 2.48. The summed E-state index contributed by atoms with van der Waals surface area (Å²) in [4.78, 5) is 11.2. The molecule has 2 N–H and O–H groups in total. The number of nitriles is 1. The summed E-state index contributed by atoms with van der Waals surface area (Å²) in [5.41, 5.74) is 5.77. The maximum atomic E-state index is 11.2. The van der Waals surface area contributed by atoms with E-state index < -0.39 is 5.97 Å². The summed E-state index contributed by atoms with van der Waals surface area (Å²) in [6.45, 7) is 2.00. The van der Waals surface area contributed by atoms with Crippen molar-refractivity contribution in [3.05, 3.63) is 11.8 Å². The Morgan fingerprint density at radius 2 is 2.57 bits per heavy atom. The largest absolute Gasteiger partial charge is 0.462 e. The summed E-state index contributed by atoms with van der Waals surface area (Å²) in [6.07, 6.45) is 1.30. The quantitative estimate of drug-likeness (QED) is 0.692. The molecule has 0 saturated carbocycles. The van der Waals surface area contributed by atoms with Crippen molar-refractivity contribution >= 4 is 11.8 Å². The SMILES string of the molecule is CCOC(=O)c1cnn(CC#N)c1N. The normalized spacial score (nSPS) is 9.43. The third-order valence-corrected chi connectivity index (χ3v) is 1.60. The molecule has 1 aromatic rings. The molecule has 0 aliphatic rings. The van der Waals surface area contributed by atoms with Crippen LogP contribution in [0, 0.1) is 11.3 Å². The van der Waals surface area contributed by atoms with Gasteiger partial charge in [-0.25, -0.2) is 9.48 Å². The van der Waals surface area contributed by atoms with Crippen LogP contribution in [0.4, 0.5) is 5.82 Å². The van der Waals surface area contributed by atoms with Gasteiger partial charge in [0.15, 0.2) is 0 Å². The van der Waals surface area contributed by atoms with Crippen LogP contribution in [0.1, 0.15) is 17.3 Å². The Balaban J connectivity index is 2.90. The minimum Gasteiger partial charge on any atom is -0.462 e. The molecule has 0 unspecified atom stereocenters. The summed E-state index contributed by atoms with van der Waals surface area (Å²) < 4.78 is 5.99. The van der Waals surface area contributed by atoms with E-state index in [4.69, 9.17) is 15.7 Å². The molecule has 6 heteroatoms. The number of rotatable bonds is 3. The molecule has 0 spiro atoms. The fourth-order valence-electron chi connectivity index (χ4n) is 0.954. The van der Waals surface area contributed by atoms with E-state index in [-0.39, 0.29) is 24.5 Å². The molecule has 0 saturated heterocycles. The van der Waals surface area contributed by atoms with Crippen LogP contribution in [0.3, 0.4) is 0 Å². The first-order valence-corrected chi connectivity index (χ1v) is 4.06. The molecule has 0 aromatic carbocycles. The number of carbonyl (C=O) groups is 1. The maximum Gasteiger partial charge on any atom is 0.343 e. The molecule has 6 nitrogen and oxygen atoms in total. The Kier molecular flexibility index (Phi) is 3.07. The summed E-state index contributed by atoms with van der Waals surface area (Å²) in [5.74, 6) is -0.362. The van der Waals surface area contributed by atoms with Gasteiger partial charge in [-0.15, -0.1) is 0 Å². The molecule has 0 amide bonds. The van der Waals surface area contributed by atoms with Gasteiger partial charge < -0.3 is 10.5 Å². The van der Waals surface area contributed by atoms with Crippen LogP contribution in [-0.4, -0.2) is 22.4 Å². The maximum absolute atomic E-state index is 11.2. The van der Waals surface area contributed by atoms with Crippen molar-refractivity contribution in [3.8, 4) is 6.07 Å². The number of anilines is 1. The van der Waals surface area contributed by atoms with Gasteiger partial charge in [0, 0.05) is 0 Å². The van der Waals surface area contributed by atoms with Crippen LogP contribution >= 0.6 is 0 Å². The summed E-state index contributed by atoms with van der Waals surface area (Å²) in [6, 6.07) is 1.88. The van der Waals surface area contributed by atoms with E-state index in [2.05, 4.69) is 5.10 Å². The molecule has 74 valence electrons. The third kappa shape index (κ3) is 1.82. The van der Waals surface area contributed by atoms with Crippen molar-refractivity contribution in [3.63, 3.8) is 0 Å². The van der Waals surface area contributed by atoms with Crippen LogP contribution in [-0.2, 0) is 11.3 Å². The van der Waals surface area contributed by atoms with Crippen LogP contribution in [0.25, 0.3) is 0 Å². The highest BCUT2D eigenvalue weighted by atomic mass is 16.5. The van der Waals surface area contributed by atoms with Gasteiger partial charge in [-0.1, -0.05) is 0 Å². The van der Waals surface area contributed by atoms with Crippen molar-refractivity contribution in [2.75, 3.05) is 12.3 Å². The van der Waals surface area contributed by atoms with Crippen molar-refractivity contribution in [1.29, 1.82) is 5.26 Å². The Morgan fingerprint density at radius 3 is 3.14 bits per heavy atom. The Hall–Kier alpha value is -2.03. The first kappa shape index (κ1) is 10.1. The molecule has 1 aromatic heterocycles. The summed E-state index contributed by atoms with van der Waals surface area (Å²) >= 11 is 0. The van der Waals surface area contributed by atoms with Gasteiger partial charge >= 0.3 is 5.97 Å². The standard InChI is InChI=1S/C8H10N4O2/c1-2-14-8(13)6-5-11-12(4-3-9)7(6)10/h5H,2,4,10H2,1H3. The lowest BCUT2D eigenvalue weighted by atomic mass is 10.3. The molecule has 1 rings (SSSR count). The van der Waals surface area contributed by atoms with E-state index in [0.717, 1.165) is 0 Å². The topological polar surface area (TPSA) is 93.9 Å². The highest BCUT2D eigenvalue weighted by Crippen LogP contribution is 2.11. The van der Waals surface area contributed by atoms with E-state index in [0.29, 0.717) is 0 Å². The van der Waals surface area contributed by atoms with E-state index >= 15 is 0 Å². The number of hydrogen-bond acceptors (Lipinski definition) is 5. The van der Waals surface area contributed by atoms with Crippen molar-refractivity contribution < 1.29 is 9.53 Å². The molecule has 0 radical (unpaired) electrons. The van der Waals surface area contributed by atoms with Gasteiger partial charge in [-0.05, 0) is 6.92 Å². The molecule has 0 bridgehead atoms. The highest BCUT2D eigenvalue weighted by Gasteiger charge is 2.15. The average Bonchev–Trinajstić information content (AvgIpc) is 2.49. The van der Waals surface area contributed by atoms with Crippen molar-refractivity contribution in [1.82, 2.24) is 9.78 Å². The zero-order chi connectivity index (χ0) is 10.6. The average molecular weight is 194 g/mol. The number of nitrogens with two attached hydrogens (primary N) is 1. The van der Waals surface area contributed by atoms with Gasteiger partial charge in [0.25, 0.3) is 0 Å². The molecule has 0 aliphatic heterocycles. The predicted octanol–water partition coefficient (Wildman–Crippen LogP) is 0.166. The predicted molar refractivity (Wildman–Crippen MR) is 48.2 cm³/mol. The van der Waals surface area contributed by atoms with Gasteiger partial charge in [0.2, 0.25) is 0 Å². The number of aromatic nitrogens is 2. The zero-order valence-corrected chi connectivity index (χ0v) is 7.73. The van der Waals surface area contributed by atoms with Crippen molar-refractivity contribution in [2.45, 2.75) is 13.5 Å². The lowest BCUT2D eigenvalue weighted by Crippen LogP contribution is -2.09. The molecule has 0 fully saturated rings. The number of nitrogen functional groups attached to an aromatic ring is 1. The van der Waals surface area contributed by atoms with Gasteiger partial charge in [-0.3, -0.25) is 0 Å². The van der Waals surface area contributed by atoms with Gasteiger partial charge in [0.1, 0.15) is 17.9 Å². The minimum absolute atomic E-state index is 0.0191. The van der Waals surface area contributed by atoms with E-state index in [9.17, 15) is 4.79 Å². The number of esters is 1. The fourth-order valence-corrected chi connectivity index (χ4v) is 0.954. The van der Waals surface area contributed by atoms with Crippen molar-refractivity contribution in [2.24, 2.45) is 0 Å². The molecule has 0 atom stereocenters. The first-order chi connectivity index (χ1) is 6.70. The number of nitrogens with zero attached hydrogens (tertiary/aromatic N) is 3. The molecular formula is C8H10N4O2. The fraction of sp³-hybridized carbons (Fsp3) is 0.375. The van der Waals surface area contributed by atoms with E-state index in [1.54, 1.807) is 6.92 Å². The summed E-state index contributed by atoms with van der Waals surface area (Å²) in [5, 5.41) is 12.2. The van der Waals surface area contributed by atoms with E-state index in [1.165, 1.54) is 10.9 Å². The minimum atomic E-state index is -0.519. The lowest BCUT2D eigenvalue weighted by Gasteiger charge is -2.00. The first-order valence-electron chi connectivity index (χ1n) is 4.06. The number of carbonyl (C=O) groups excluding carboxylic acids is 1. The summed E-state index contributed by atoms with van der Waals surface area (Å²) in [7, 11) is 0. The zero-order valence-electron chi connectivity index (χ0n) is 7.73. The Morgan fingerprint density at radius 1 is 1.86 bits per heavy atom. The lowest BCUT2D eigenvalue weighted by molar-refractivity contribution is 0.0527. The highest BCUT2D eigenvalue weighted by molar-refractivity contribution is 5.93. The van der Waals surface area contributed by atoms with Crippen LogP contribution in [0.2, 0.25) is 0 Å². The molecule has 0 aliphatic carbocycles. The number of hydrogen-bond donors (Lipinski definition) is 1. The molecule has 1 heterocycles. The van der Waals surface area contributed by atoms with Crippen LogP contribution < -0.4 is 5.73 Å². The van der Waals surface area contributed by atoms with Gasteiger partial charge in [-0.2, -0.15) is 10.4 Å². The molecular weight excluding hydrogens is 184 g/mol. The van der Waals surface area contributed by atoms with Crippen LogP contribution in [0.5, 0.6) is 0 Å². The smallest absolute Gasteiger partial charge is 0.343 e. The number of ether oxygens (including phenoxy) is 1. The second kappa shape index (κ2) is 4.28. The third-order valence-electron chi connectivity index (χ3n) is 1.60. The Labute approximate surface area is 80.9 Å². The second-order valence-corrected chi connectivity index (χ2v) is 2.48.